The van der Waals surface area contributed by atoms with Gasteiger partial charge in [-0.1, -0.05) is 32.0 Å². The number of aliphatic imine (C=N–C) groups is 1. The third kappa shape index (κ3) is 4.64. The number of ether oxygens (including phenoxy) is 1. The third-order valence-corrected chi connectivity index (χ3v) is 10.4. The van der Waals surface area contributed by atoms with Crippen LogP contribution < -0.4 is 15.8 Å². The zero-order valence-electron chi connectivity index (χ0n) is 23.2. The fourth-order valence-electron chi connectivity index (χ4n) is 5.98. The molecule has 3 aliphatic heterocycles. The van der Waals surface area contributed by atoms with E-state index in [0.29, 0.717) is 29.7 Å². The van der Waals surface area contributed by atoms with Gasteiger partial charge in [-0.2, -0.15) is 0 Å². The second-order valence-electron chi connectivity index (χ2n) is 11.4. The van der Waals surface area contributed by atoms with Crippen molar-refractivity contribution in [2.75, 3.05) is 5.75 Å². The Balaban J connectivity index is 1.52. The molecule has 0 radical (unpaired) electrons. The molecule has 0 bridgehead atoms. The molecule has 40 heavy (non-hydrogen) atoms. The fourth-order valence-corrected chi connectivity index (χ4v) is 7.57. The van der Waals surface area contributed by atoms with Crippen molar-refractivity contribution in [2.45, 2.75) is 87.6 Å². The highest BCUT2D eigenvalue weighted by molar-refractivity contribution is 7.91. The van der Waals surface area contributed by atoms with Crippen LogP contribution in [0.25, 0.3) is 0 Å². The molecule has 0 fully saturated rings. The number of benzene rings is 2. The molecule has 11 heteroatoms. The zero-order chi connectivity index (χ0) is 29.0. The average Bonchev–Trinajstić information content (AvgIpc) is 2.91. The van der Waals surface area contributed by atoms with Gasteiger partial charge in [0.1, 0.15) is 17.5 Å². The number of amides is 2. The van der Waals surface area contributed by atoms with E-state index >= 15 is 0 Å². The molecule has 10 nitrogen and oxygen atoms in total. The standard InChI is InChI=1S/C29H36N4O6S/c1-5-29(6-2)16-23(34)33(27(30)32-29)20-13-14-40(37,38)22-12-11-17(15-19(20)22)26(36)31-24-18-9-7-8-10-21(18)39-28(3,4)25(24)35/h7-12,15,20,24-25,35H,5-6,13-14,16H2,1-4H3,(H2,30,32)(H,31,36)/t20-,24-,25+/m1/s1. The monoisotopic (exact) mass is 568 g/mol. The van der Waals surface area contributed by atoms with Gasteiger partial charge in [0.25, 0.3) is 5.91 Å². The Morgan fingerprint density at radius 3 is 2.55 bits per heavy atom. The SMILES string of the molecule is CCC1(CC)CC(=O)N([C@@H]2CCS(=O)(=O)c3ccc(C(=O)N[C@@H]4c5ccccc5OC(C)(C)[C@H]4O)cc32)C(N)=N1. The highest BCUT2D eigenvalue weighted by Crippen LogP contribution is 2.42. The summed E-state index contributed by atoms with van der Waals surface area (Å²) >= 11 is 0. The summed E-state index contributed by atoms with van der Waals surface area (Å²) in [7, 11) is -3.62. The molecule has 0 aliphatic carbocycles. The first-order valence-corrected chi connectivity index (χ1v) is 15.3. The van der Waals surface area contributed by atoms with Gasteiger partial charge < -0.3 is 20.9 Å². The van der Waals surface area contributed by atoms with Crippen molar-refractivity contribution in [3.63, 3.8) is 0 Å². The molecule has 0 saturated heterocycles. The molecule has 2 amide bonds. The Bertz CT molecular complexity index is 1500. The number of nitrogens with zero attached hydrogens (tertiary/aromatic N) is 2. The number of para-hydroxylation sites is 1. The molecular formula is C29H36N4O6S. The quantitative estimate of drug-likeness (QED) is 0.501. The van der Waals surface area contributed by atoms with Gasteiger partial charge in [-0.15, -0.1) is 0 Å². The zero-order valence-corrected chi connectivity index (χ0v) is 24.0. The minimum atomic E-state index is -3.62. The number of carbonyl (C=O) groups excluding carboxylic acids is 2. The van der Waals surface area contributed by atoms with Crippen molar-refractivity contribution >= 4 is 27.6 Å². The molecule has 2 aromatic carbocycles. The van der Waals surface area contributed by atoms with Crippen molar-refractivity contribution in [1.29, 1.82) is 0 Å². The minimum Gasteiger partial charge on any atom is -0.485 e. The molecule has 3 heterocycles. The van der Waals surface area contributed by atoms with Crippen LogP contribution in [0.3, 0.4) is 0 Å². The van der Waals surface area contributed by atoms with Crippen molar-refractivity contribution < 1.29 is 27.9 Å². The number of guanidine groups is 1. The lowest BCUT2D eigenvalue weighted by Crippen LogP contribution is -2.53. The maximum Gasteiger partial charge on any atom is 0.251 e. The predicted molar refractivity (Wildman–Crippen MR) is 150 cm³/mol. The summed E-state index contributed by atoms with van der Waals surface area (Å²) in [5.41, 5.74) is 5.99. The van der Waals surface area contributed by atoms with Gasteiger partial charge in [-0.25, -0.2) is 13.4 Å². The molecule has 2 aromatic rings. The van der Waals surface area contributed by atoms with E-state index in [2.05, 4.69) is 10.3 Å². The summed E-state index contributed by atoms with van der Waals surface area (Å²) in [6.07, 6.45) is 0.574. The predicted octanol–water partition coefficient (Wildman–Crippen LogP) is 3.01. The first-order valence-electron chi connectivity index (χ1n) is 13.6. The number of carbonyl (C=O) groups is 2. The second kappa shape index (κ2) is 9.88. The molecule has 0 unspecified atom stereocenters. The number of fused-ring (bicyclic) bond motifs is 2. The van der Waals surface area contributed by atoms with Gasteiger partial charge in [-0.3, -0.25) is 14.5 Å². The summed E-state index contributed by atoms with van der Waals surface area (Å²) in [5.74, 6) is -0.239. The van der Waals surface area contributed by atoms with E-state index in [0.717, 1.165) is 0 Å². The van der Waals surface area contributed by atoms with E-state index < -0.39 is 45.1 Å². The van der Waals surface area contributed by atoms with Crippen LogP contribution in [0, 0.1) is 0 Å². The van der Waals surface area contributed by atoms with Crippen LogP contribution >= 0.6 is 0 Å². The van der Waals surface area contributed by atoms with Gasteiger partial charge in [0.05, 0.1) is 34.7 Å². The molecular weight excluding hydrogens is 532 g/mol. The number of aliphatic hydroxyl groups is 1. The topological polar surface area (TPSA) is 151 Å². The van der Waals surface area contributed by atoms with Crippen LogP contribution in [0.4, 0.5) is 0 Å². The van der Waals surface area contributed by atoms with E-state index in [4.69, 9.17) is 10.5 Å². The smallest absolute Gasteiger partial charge is 0.251 e. The maximum absolute atomic E-state index is 13.6. The van der Waals surface area contributed by atoms with Crippen LogP contribution in [0.15, 0.2) is 52.4 Å². The molecule has 3 atom stereocenters. The third-order valence-electron chi connectivity index (χ3n) is 8.54. The Kier molecular flexibility index (Phi) is 6.94. The van der Waals surface area contributed by atoms with Gasteiger partial charge in [0.2, 0.25) is 5.91 Å². The lowest BCUT2D eigenvalue weighted by Gasteiger charge is -2.42. The van der Waals surface area contributed by atoms with Crippen molar-refractivity contribution in [3.05, 3.63) is 59.2 Å². The lowest BCUT2D eigenvalue weighted by atomic mass is 9.86. The van der Waals surface area contributed by atoms with Crippen LogP contribution in [-0.2, 0) is 14.6 Å². The number of rotatable bonds is 5. The molecule has 214 valence electrons. The van der Waals surface area contributed by atoms with Gasteiger partial charge in [0.15, 0.2) is 15.8 Å². The number of sulfone groups is 1. The second-order valence-corrected chi connectivity index (χ2v) is 13.4. The minimum absolute atomic E-state index is 0.0641. The Hall–Kier alpha value is -3.44. The molecule has 4 N–H and O–H groups in total. The van der Waals surface area contributed by atoms with Gasteiger partial charge >= 0.3 is 0 Å². The highest BCUT2D eigenvalue weighted by atomic mass is 32.2. The summed E-state index contributed by atoms with van der Waals surface area (Å²) in [6.45, 7) is 7.42. The molecule has 0 spiro atoms. The lowest BCUT2D eigenvalue weighted by molar-refractivity contribution is -0.131. The largest absolute Gasteiger partial charge is 0.485 e. The summed E-state index contributed by atoms with van der Waals surface area (Å²) in [5, 5.41) is 14.0. The van der Waals surface area contributed by atoms with Crippen LogP contribution in [0.5, 0.6) is 5.75 Å². The fraction of sp³-hybridized carbons (Fsp3) is 0.483. The Morgan fingerprint density at radius 2 is 1.88 bits per heavy atom. The number of nitrogens with one attached hydrogen (secondary N) is 1. The van der Waals surface area contributed by atoms with Crippen molar-refractivity contribution in [1.82, 2.24) is 10.2 Å². The number of hydrogen-bond donors (Lipinski definition) is 3. The van der Waals surface area contributed by atoms with Gasteiger partial charge in [0, 0.05) is 11.1 Å². The van der Waals surface area contributed by atoms with E-state index in [9.17, 15) is 23.1 Å². The van der Waals surface area contributed by atoms with E-state index in [1.807, 2.05) is 19.9 Å². The number of aliphatic hydroxyl groups excluding tert-OH is 1. The van der Waals surface area contributed by atoms with E-state index in [1.54, 1.807) is 32.0 Å². The Labute approximate surface area is 234 Å². The first-order chi connectivity index (χ1) is 18.8. The van der Waals surface area contributed by atoms with E-state index in [1.165, 1.54) is 23.1 Å². The van der Waals surface area contributed by atoms with E-state index in [-0.39, 0.29) is 40.9 Å². The number of nitrogens with two attached hydrogens (primary N) is 1. The summed E-state index contributed by atoms with van der Waals surface area (Å²) in [6, 6.07) is 10.1. The maximum atomic E-state index is 13.6. The molecule has 5 rings (SSSR count). The van der Waals surface area contributed by atoms with Gasteiger partial charge in [-0.05, 0) is 62.9 Å². The number of hydrogen-bond acceptors (Lipinski definition) is 8. The van der Waals surface area contributed by atoms with Crippen molar-refractivity contribution in [3.8, 4) is 5.75 Å². The first kappa shape index (κ1) is 28.1. The Morgan fingerprint density at radius 1 is 1.18 bits per heavy atom. The van der Waals surface area contributed by atoms with Crippen LogP contribution in [0.2, 0.25) is 0 Å². The van der Waals surface area contributed by atoms with Crippen molar-refractivity contribution in [2.24, 2.45) is 10.7 Å². The summed E-state index contributed by atoms with van der Waals surface area (Å²) in [4.78, 5) is 33.1. The van der Waals surface area contributed by atoms with Crippen LogP contribution in [-0.4, -0.2) is 59.2 Å². The highest BCUT2D eigenvalue weighted by Gasteiger charge is 2.45. The van der Waals surface area contributed by atoms with Crippen LogP contribution in [0.1, 0.15) is 86.9 Å². The molecule has 3 aliphatic rings. The molecule has 0 saturated carbocycles. The average molecular weight is 569 g/mol. The molecule has 0 aromatic heterocycles. The summed E-state index contributed by atoms with van der Waals surface area (Å²) < 4.78 is 31.9. The normalized spacial score (nSPS) is 26.1.